The number of halogens is 1. The second kappa shape index (κ2) is 10.0. The van der Waals surface area contributed by atoms with Crippen LogP contribution in [0, 0.1) is 5.41 Å². The predicted octanol–water partition coefficient (Wildman–Crippen LogP) is 5.27. The van der Waals surface area contributed by atoms with E-state index < -0.39 is 0 Å². The minimum atomic E-state index is 0.0787. The maximum atomic E-state index is 12.9. The molecule has 162 valence electrons. The quantitative estimate of drug-likeness (QED) is 0.488. The van der Waals surface area contributed by atoms with Crippen LogP contribution in [0.4, 0.5) is 10.5 Å². The van der Waals surface area contributed by atoms with Crippen molar-refractivity contribution in [2.45, 2.75) is 52.4 Å². The molecule has 2 aliphatic rings. The van der Waals surface area contributed by atoms with Gasteiger partial charge in [0.2, 0.25) is 0 Å². The fourth-order valence-electron chi connectivity index (χ4n) is 4.72. The van der Waals surface area contributed by atoms with Gasteiger partial charge in [0.25, 0.3) is 0 Å². The summed E-state index contributed by atoms with van der Waals surface area (Å²) in [6, 6.07) is 5.61. The molecule has 0 N–H and O–H groups in total. The van der Waals surface area contributed by atoms with Gasteiger partial charge in [0.1, 0.15) is 5.75 Å². The highest BCUT2D eigenvalue weighted by atomic mass is 35.5. The first-order valence-corrected chi connectivity index (χ1v) is 11.5. The summed E-state index contributed by atoms with van der Waals surface area (Å²) < 4.78 is 5.21. The van der Waals surface area contributed by atoms with E-state index in [0.29, 0.717) is 22.7 Å². The Morgan fingerprint density at radius 3 is 2.34 bits per heavy atom. The SMILES string of the molecule is CCCCC1(CCCC)CN(CCN2CCN(c3ccc(OC)c(Cl)c3)C2=O)C1. The van der Waals surface area contributed by atoms with E-state index in [4.69, 9.17) is 16.3 Å². The van der Waals surface area contributed by atoms with Gasteiger partial charge in [-0.3, -0.25) is 4.90 Å². The highest BCUT2D eigenvalue weighted by Crippen LogP contribution is 2.40. The van der Waals surface area contributed by atoms with Crippen molar-refractivity contribution >= 4 is 23.3 Å². The number of nitrogens with zero attached hydrogens (tertiary/aromatic N) is 3. The van der Waals surface area contributed by atoms with E-state index in [1.165, 1.54) is 51.6 Å². The second-order valence-electron chi connectivity index (χ2n) is 8.66. The molecule has 0 atom stereocenters. The van der Waals surface area contributed by atoms with E-state index in [9.17, 15) is 4.79 Å². The van der Waals surface area contributed by atoms with Gasteiger partial charge in [0.15, 0.2) is 0 Å². The minimum absolute atomic E-state index is 0.0787. The zero-order chi connectivity index (χ0) is 20.9. The molecule has 3 rings (SSSR count). The normalized spacial score (nSPS) is 19.0. The monoisotopic (exact) mass is 421 g/mol. The minimum Gasteiger partial charge on any atom is -0.495 e. The molecule has 0 spiro atoms. The van der Waals surface area contributed by atoms with Gasteiger partial charge in [-0.25, -0.2) is 4.79 Å². The number of methoxy groups -OCH3 is 1. The lowest BCUT2D eigenvalue weighted by Gasteiger charge is -2.51. The molecule has 2 heterocycles. The number of carbonyl (C=O) groups is 1. The van der Waals surface area contributed by atoms with Gasteiger partial charge in [-0.2, -0.15) is 0 Å². The van der Waals surface area contributed by atoms with Gasteiger partial charge in [-0.15, -0.1) is 0 Å². The Morgan fingerprint density at radius 2 is 1.76 bits per heavy atom. The van der Waals surface area contributed by atoms with E-state index in [1.807, 2.05) is 28.0 Å². The molecule has 5 nitrogen and oxygen atoms in total. The van der Waals surface area contributed by atoms with Crippen LogP contribution in [-0.2, 0) is 0 Å². The summed E-state index contributed by atoms with van der Waals surface area (Å²) in [4.78, 5) is 19.2. The summed E-state index contributed by atoms with van der Waals surface area (Å²) in [6.45, 7) is 10.2. The van der Waals surface area contributed by atoms with Gasteiger partial charge in [-0.05, 0) is 36.5 Å². The average molecular weight is 422 g/mol. The van der Waals surface area contributed by atoms with Gasteiger partial charge in [0.05, 0.1) is 12.1 Å². The number of anilines is 1. The zero-order valence-corrected chi connectivity index (χ0v) is 19.0. The van der Waals surface area contributed by atoms with E-state index >= 15 is 0 Å². The topological polar surface area (TPSA) is 36.0 Å². The summed E-state index contributed by atoms with van der Waals surface area (Å²) in [5, 5.41) is 0.535. The first-order valence-electron chi connectivity index (χ1n) is 11.1. The van der Waals surface area contributed by atoms with Gasteiger partial charge < -0.3 is 14.5 Å². The van der Waals surface area contributed by atoms with Crippen LogP contribution in [0.1, 0.15) is 52.4 Å². The van der Waals surface area contributed by atoms with E-state index in [2.05, 4.69) is 18.7 Å². The van der Waals surface area contributed by atoms with Crippen molar-refractivity contribution in [3.05, 3.63) is 23.2 Å². The molecule has 0 unspecified atom stereocenters. The van der Waals surface area contributed by atoms with Crippen LogP contribution in [0.25, 0.3) is 0 Å². The third-order valence-corrected chi connectivity index (χ3v) is 6.76. The fraction of sp³-hybridized carbons (Fsp3) is 0.696. The summed E-state index contributed by atoms with van der Waals surface area (Å²) in [5.41, 5.74) is 1.37. The number of unbranched alkanes of at least 4 members (excludes halogenated alkanes) is 2. The Hall–Kier alpha value is -1.46. The fourth-order valence-corrected chi connectivity index (χ4v) is 4.97. The number of hydrogen-bond donors (Lipinski definition) is 0. The lowest BCUT2D eigenvalue weighted by Crippen LogP contribution is -2.57. The van der Waals surface area contributed by atoms with Crippen LogP contribution in [0.2, 0.25) is 5.02 Å². The van der Waals surface area contributed by atoms with Crippen molar-refractivity contribution in [1.29, 1.82) is 0 Å². The Kier molecular flexibility index (Phi) is 7.69. The molecule has 0 aromatic heterocycles. The molecule has 0 aliphatic carbocycles. The van der Waals surface area contributed by atoms with Crippen molar-refractivity contribution in [1.82, 2.24) is 9.80 Å². The molecule has 29 heavy (non-hydrogen) atoms. The number of ether oxygens (including phenoxy) is 1. The molecular weight excluding hydrogens is 386 g/mol. The Bertz CT molecular complexity index is 681. The molecule has 2 aliphatic heterocycles. The zero-order valence-electron chi connectivity index (χ0n) is 18.3. The smallest absolute Gasteiger partial charge is 0.324 e. The van der Waals surface area contributed by atoms with Crippen LogP contribution in [0.3, 0.4) is 0 Å². The van der Waals surface area contributed by atoms with E-state index in [-0.39, 0.29) is 6.03 Å². The van der Waals surface area contributed by atoms with Crippen molar-refractivity contribution in [3.63, 3.8) is 0 Å². The van der Waals surface area contributed by atoms with Crippen molar-refractivity contribution in [2.75, 3.05) is 51.3 Å². The summed E-state index contributed by atoms with van der Waals surface area (Å²) >= 11 is 6.24. The first kappa shape index (κ1) is 22.2. The van der Waals surface area contributed by atoms with Crippen molar-refractivity contribution < 1.29 is 9.53 Å². The highest BCUT2D eigenvalue weighted by molar-refractivity contribution is 6.32. The highest BCUT2D eigenvalue weighted by Gasteiger charge is 2.41. The maximum absolute atomic E-state index is 12.9. The van der Waals surface area contributed by atoms with Crippen LogP contribution < -0.4 is 9.64 Å². The molecule has 0 saturated carbocycles. The Morgan fingerprint density at radius 1 is 1.07 bits per heavy atom. The summed E-state index contributed by atoms with van der Waals surface area (Å²) in [6.07, 6.45) is 7.94. The summed E-state index contributed by atoms with van der Waals surface area (Å²) in [5.74, 6) is 0.631. The number of rotatable bonds is 11. The molecule has 6 heteroatoms. The number of likely N-dealkylation sites (tertiary alicyclic amines) is 1. The first-order chi connectivity index (χ1) is 14.0. The van der Waals surface area contributed by atoms with Gasteiger partial charge >= 0.3 is 6.03 Å². The largest absolute Gasteiger partial charge is 0.495 e. The summed E-state index contributed by atoms with van der Waals surface area (Å²) in [7, 11) is 1.60. The van der Waals surface area contributed by atoms with Crippen LogP contribution in [-0.4, -0.2) is 62.2 Å². The van der Waals surface area contributed by atoms with Crippen LogP contribution >= 0.6 is 11.6 Å². The standard InChI is InChI=1S/C23H36ClN3O2/c1-4-6-10-23(11-7-5-2)17-25(18-23)12-13-26-14-15-27(22(26)28)19-8-9-21(29-3)20(24)16-19/h8-9,16H,4-7,10-15,17-18H2,1-3H3. The molecule has 2 saturated heterocycles. The number of urea groups is 1. The molecule has 0 bridgehead atoms. The molecule has 0 radical (unpaired) electrons. The Balaban J connectivity index is 1.49. The second-order valence-corrected chi connectivity index (χ2v) is 9.07. The average Bonchev–Trinajstić information content (AvgIpc) is 3.06. The third kappa shape index (κ3) is 5.18. The Labute approximate surface area is 180 Å². The molecule has 2 fully saturated rings. The number of amides is 2. The molecule has 1 aromatic rings. The maximum Gasteiger partial charge on any atom is 0.324 e. The van der Waals surface area contributed by atoms with Gasteiger partial charge in [0, 0.05) is 45.0 Å². The number of benzene rings is 1. The number of hydrogen-bond acceptors (Lipinski definition) is 3. The predicted molar refractivity (Wildman–Crippen MR) is 120 cm³/mol. The third-order valence-electron chi connectivity index (χ3n) is 6.47. The van der Waals surface area contributed by atoms with Crippen LogP contribution in [0.5, 0.6) is 5.75 Å². The molecular formula is C23H36ClN3O2. The van der Waals surface area contributed by atoms with E-state index in [0.717, 1.165) is 25.3 Å². The van der Waals surface area contributed by atoms with Crippen LogP contribution in [0.15, 0.2) is 18.2 Å². The number of carbonyl (C=O) groups excluding carboxylic acids is 1. The van der Waals surface area contributed by atoms with Crippen molar-refractivity contribution in [3.8, 4) is 5.75 Å². The van der Waals surface area contributed by atoms with Gasteiger partial charge in [-0.1, -0.05) is 51.1 Å². The molecule has 1 aromatic carbocycles. The molecule has 2 amide bonds. The lowest BCUT2D eigenvalue weighted by atomic mass is 9.72. The lowest BCUT2D eigenvalue weighted by molar-refractivity contribution is -0.0186. The van der Waals surface area contributed by atoms with E-state index in [1.54, 1.807) is 7.11 Å². The van der Waals surface area contributed by atoms with Crippen molar-refractivity contribution in [2.24, 2.45) is 5.41 Å².